The summed E-state index contributed by atoms with van der Waals surface area (Å²) in [5.41, 5.74) is 0. The first-order valence-corrected chi connectivity index (χ1v) is 17.9. The Morgan fingerprint density at radius 3 is 1.80 bits per heavy atom. The number of unbranched alkanes of at least 4 members (excludes halogenated alkanes) is 13. The van der Waals surface area contributed by atoms with E-state index in [2.05, 4.69) is 32.1 Å². The standard InChI is InChI=1S/C37H67NO7/c1-6-8-10-12-14-16-17-18-19-20-22-24-26-28-36(40)45-33(31-43-30-29-34(37(41)42)38(3,4)5)32-44-35(39)27-25-23-21-15-13-11-9-7-2/h18-19,22,24,33-34H,6-17,20-21,23,25-32H2,1-5H3/p+1/b19-18+,24-22+. The van der Waals surface area contributed by atoms with Gasteiger partial charge in [0.25, 0.3) is 0 Å². The molecular formula is C37H68NO7+. The van der Waals surface area contributed by atoms with Crippen molar-refractivity contribution >= 4 is 17.9 Å². The summed E-state index contributed by atoms with van der Waals surface area (Å²) in [6.45, 7) is 4.61. The first-order chi connectivity index (χ1) is 21.6. The quantitative estimate of drug-likeness (QED) is 0.0351. The third-order valence-electron chi connectivity index (χ3n) is 7.87. The van der Waals surface area contributed by atoms with Crippen LogP contribution in [0.2, 0.25) is 0 Å². The summed E-state index contributed by atoms with van der Waals surface area (Å²) in [4.78, 5) is 36.5. The van der Waals surface area contributed by atoms with E-state index >= 15 is 0 Å². The maximum Gasteiger partial charge on any atom is 0.362 e. The number of quaternary nitrogens is 1. The Kier molecular flexibility index (Phi) is 27.8. The minimum Gasteiger partial charge on any atom is -0.477 e. The number of allylic oxidation sites excluding steroid dienone is 4. The van der Waals surface area contributed by atoms with E-state index < -0.39 is 18.1 Å². The molecule has 262 valence electrons. The number of esters is 2. The third-order valence-corrected chi connectivity index (χ3v) is 7.87. The maximum absolute atomic E-state index is 12.6. The maximum atomic E-state index is 12.6. The topological polar surface area (TPSA) is 99.1 Å². The van der Waals surface area contributed by atoms with Crippen LogP contribution in [0.4, 0.5) is 0 Å². The molecule has 0 aromatic carbocycles. The van der Waals surface area contributed by atoms with Gasteiger partial charge in [0.1, 0.15) is 6.61 Å². The Balaban J connectivity index is 4.54. The van der Waals surface area contributed by atoms with Crippen LogP contribution in [-0.2, 0) is 28.6 Å². The lowest BCUT2D eigenvalue weighted by molar-refractivity contribution is -0.887. The number of carboxylic acids is 1. The molecule has 0 aliphatic rings. The predicted molar refractivity (Wildman–Crippen MR) is 183 cm³/mol. The van der Waals surface area contributed by atoms with Gasteiger partial charge in [-0.1, -0.05) is 115 Å². The van der Waals surface area contributed by atoms with E-state index in [-0.39, 0.29) is 42.7 Å². The lowest BCUT2D eigenvalue weighted by Crippen LogP contribution is -2.50. The summed E-state index contributed by atoms with van der Waals surface area (Å²) < 4.78 is 17.0. The zero-order valence-electron chi connectivity index (χ0n) is 29.6. The molecule has 0 amide bonds. The van der Waals surface area contributed by atoms with Crippen LogP contribution in [0.15, 0.2) is 24.3 Å². The van der Waals surface area contributed by atoms with Crippen molar-refractivity contribution in [2.24, 2.45) is 0 Å². The largest absolute Gasteiger partial charge is 0.477 e. The molecule has 8 heteroatoms. The summed E-state index contributed by atoms with van der Waals surface area (Å²) >= 11 is 0. The fraction of sp³-hybridized carbons (Fsp3) is 0.811. The van der Waals surface area contributed by atoms with Gasteiger partial charge in [0.05, 0.1) is 34.4 Å². The van der Waals surface area contributed by atoms with Gasteiger partial charge in [0.15, 0.2) is 12.1 Å². The van der Waals surface area contributed by atoms with Crippen molar-refractivity contribution in [3.63, 3.8) is 0 Å². The molecule has 8 nitrogen and oxygen atoms in total. The summed E-state index contributed by atoms with van der Waals surface area (Å²) in [5.74, 6) is -1.56. The van der Waals surface area contributed by atoms with E-state index in [4.69, 9.17) is 14.2 Å². The number of likely N-dealkylation sites (N-methyl/N-ethyl adjacent to an activating group) is 1. The molecule has 0 spiro atoms. The molecule has 0 aliphatic carbocycles. The van der Waals surface area contributed by atoms with Crippen molar-refractivity contribution in [2.45, 2.75) is 154 Å². The molecule has 2 atom stereocenters. The van der Waals surface area contributed by atoms with Crippen LogP contribution in [-0.4, -0.2) is 80.6 Å². The zero-order chi connectivity index (χ0) is 33.6. The fourth-order valence-corrected chi connectivity index (χ4v) is 5.02. The van der Waals surface area contributed by atoms with E-state index in [0.29, 0.717) is 19.3 Å². The molecule has 1 N–H and O–H groups in total. The molecule has 0 aromatic rings. The highest BCUT2D eigenvalue weighted by Gasteiger charge is 2.31. The Hall–Kier alpha value is -2.19. The van der Waals surface area contributed by atoms with Gasteiger partial charge in [0, 0.05) is 19.3 Å². The average Bonchev–Trinajstić information content (AvgIpc) is 2.98. The van der Waals surface area contributed by atoms with Gasteiger partial charge >= 0.3 is 17.9 Å². The van der Waals surface area contributed by atoms with Crippen molar-refractivity contribution in [3.8, 4) is 0 Å². The number of ether oxygens (including phenoxy) is 3. The Bertz CT molecular complexity index is 803. The smallest absolute Gasteiger partial charge is 0.362 e. The van der Waals surface area contributed by atoms with Crippen LogP contribution in [0.3, 0.4) is 0 Å². The van der Waals surface area contributed by atoms with Gasteiger partial charge in [-0.3, -0.25) is 9.59 Å². The van der Waals surface area contributed by atoms with E-state index in [1.165, 1.54) is 70.6 Å². The van der Waals surface area contributed by atoms with E-state index in [1.54, 1.807) is 0 Å². The van der Waals surface area contributed by atoms with Crippen molar-refractivity contribution in [3.05, 3.63) is 24.3 Å². The minimum absolute atomic E-state index is 0.0412. The van der Waals surface area contributed by atoms with Gasteiger partial charge in [-0.15, -0.1) is 0 Å². The molecule has 0 aliphatic heterocycles. The summed E-state index contributed by atoms with van der Waals surface area (Å²) in [6, 6.07) is -0.618. The molecule has 0 fully saturated rings. The number of carbonyl (C=O) groups is 3. The molecule has 0 radical (unpaired) electrons. The average molecular weight is 639 g/mol. The number of aliphatic carboxylic acids is 1. The monoisotopic (exact) mass is 638 g/mol. The number of hydrogen-bond donors (Lipinski definition) is 1. The molecule has 0 rings (SSSR count). The van der Waals surface area contributed by atoms with Gasteiger partial charge in [-0.05, 0) is 32.1 Å². The Morgan fingerprint density at radius 1 is 0.667 bits per heavy atom. The van der Waals surface area contributed by atoms with Gasteiger partial charge in [-0.2, -0.15) is 0 Å². The Labute approximate surface area is 275 Å². The van der Waals surface area contributed by atoms with Crippen LogP contribution in [0.1, 0.15) is 142 Å². The number of hydrogen-bond acceptors (Lipinski definition) is 6. The second kappa shape index (κ2) is 29.2. The lowest BCUT2D eigenvalue weighted by Gasteiger charge is -2.31. The second-order valence-corrected chi connectivity index (χ2v) is 13.1. The van der Waals surface area contributed by atoms with Crippen molar-refractivity contribution in [1.82, 2.24) is 0 Å². The molecule has 0 aromatic heterocycles. The molecule has 0 saturated carbocycles. The summed E-state index contributed by atoms with van der Waals surface area (Å²) in [5, 5.41) is 9.55. The van der Waals surface area contributed by atoms with Gasteiger partial charge < -0.3 is 23.8 Å². The first kappa shape index (κ1) is 42.8. The molecule has 45 heavy (non-hydrogen) atoms. The minimum atomic E-state index is -0.884. The highest BCUT2D eigenvalue weighted by atomic mass is 16.6. The number of nitrogens with zero attached hydrogens (tertiary/aromatic N) is 1. The molecule has 2 unspecified atom stereocenters. The molecule has 0 bridgehead atoms. The number of rotatable bonds is 31. The van der Waals surface area contributed by atoms with E-state index in [0.717, 1.165) is 32.1 Å². The Morgan fingerprint density at radius 2 is 1.22 bits per heavy atom. The van der Waals surface area contributed by atoms with E-state index in [1.807, 2.05) is 27.2 Å². The molecule has 0 saturated heterocycles. The van der Waals surface area contributed by atoms with Crippen LogP contribution < -0.4 is 0 Å². The zero-order valence-corrected chi connectivity index (χ0v) is 29.6. The summed E-state index contributed by atoms with van der Waals surface area (Å²) in [7, 11) is 5.49. The number of carbonyl (C=O) groups excluding carboxylic acids is 2. The predicted octanol–water partition coefficient (Wildman–Crippen LogP) is 8.57. The van der Waals surface area contributed by atoms with Crippen LogP contribution in [0.5, 0.6) is 0 Å². The normalized spacial score (nSPS) is 13.4. The summed E-state index contributed by atoms with van der Waals surface area (Å²) in [6.07, 6.45) is 28.1. The first-order valence-electron chi connectivity index (χ1n) is 17.9. The third kappa shape index (κ3) is 27.8. The van der Waals surface area contributed by atoms with Crippen molar-refractivity contribution < 1.29 is 38.2 Å². The SMILES string of the molecule is CCCCCCCC/C=C/C/C=C/CCC(=O)OC(COCCC(C(=O)O)[N+](C)(C)C)COC(=O)CCCCCCCCCC. The highest BCUT2D eigenvalue weighted by molar-refractivity contribution is 5.72. The van der Waals surface area contributed by atoms with Crippen molar-refractivity contribution in [1.29, 1.82) is 0 Å². The lowest BCUT2D eigenvalue weighted by atomic mass is 10.1. The molecule has 0 heterocycles. The fourth-order valence-electron chi connectivity index (χ4n) is 5.02. The van der Waals surface area contributed by atoms with Crippen LogP contribution in [0.25, 0.3) is 0 Å². The van der Waals surface area contributed by atoms with E-state index in [9.17, 15) is 19.5 Å². The van der Waals surface area contributed by atoms with Crippen LogP contribution in [0, 0.1) is 0 Å². The second-order valence-electron chi connectivity index (χ2n) is 13.1. The van der Waals surface area contributed by atoms with Crippen molar-refractivity contribution in [2.75, 3.05) is 41.0 Å². The van der Waals surface area contributed by atoms with Crippen LogP contribution >= 0.6 is 0 Å². The molecular weight excluding hydrogens is 570 g/mol. The van der Waals surface area contributed by atoms with Gasteiger partial charge in [-0.25, -0.2) is 4.79 Å². The highest BCUT2D eigenvalue weighted by Crippen LogP contribution is 2.12. The number of carboxylic acid groups (broad SMARTS) is 1. The van der Waals surface area contributed by atoms with Gasteiger partial charge in [0.2, 0.25) is 0 Å².